The molecule has 0 saturated carbocycles. The lowest BCUT2D eigenvalue weighted by molar-refractivity contribution is 0.451. The van der Waals surface area contributed by atoms with Crippen molar-refractivity contribution in [1.82, 2.24) is 5.32 Å². The fraction of sp³-hybridized carbons (Fsp3) is 1.00. The van der Waals surface area contributed by atoms with Gasteiger partial charge in [0.25, 0.3) is 0 Å². The van der Waals surface area contributed by atoms with Gasteiger partial charge in [-0.05, 0) is 19.4 Å². The number of unbranched alkanes of at least 4 members (excludes halogenated alkanes) is 13. The van der Waals surface area contributed by atoms with Gasteiger partial charge in [0, 0.05) is 0 Å². The van der Waals surface area contributed by atoms with E-state index >= 15 is 0 Å². The molecule has 0 heterocycles. The summed E-state index contributed by atoms with van der Waals surface area (Å²) in [6.07, 6.45) is 22.1. The van der Waals surface area contributed by atoms with Crippen LogP contribution >= 0.6 is 0 Å². The lowest BCUT2D eigenvalue weighted by atomic mass is 10.1. The Labute approximate surface area is 141 Å². The average molecular weight is 313 g/mol. The van der Waals surface area contributed by atoms with Crippen molar-refractivity contribution in [3.8, 4) is 0 Å². The minimum Gasteiger partial charge on any atom is -0.316 e. The van der Waals surface area contributed by atoms with Crippen LogP contribution in [-0.2, 0) is 0 Å². The van der Waals surface area contributed by atoms with Crippen molar-refractivity contribution in [3.63, 3.8) is 0 Å². The molecule has 0 amide bonds. The standard InChI is InChI=1S/C20H44N2/c1-3-5-7-9-11-12-13-14-16-18-20(21)22-19-17-15-10-8-6-4-2/h20,22H,3-19,21H2,1-2H3. The minimum absolute atomic E-state index is 0.222. The zero-order chi connectivity index (χ0) is 16.3. The molecule has 2 nitrogen and oxygen atoms in total. The number of rotatable bonds is 18. The molecular weight excluding hydrogens is 268 g/mol. The van der Waals surface area contributed by atoms with Crippen molar-refractivity contribution in [1.29, 1.82) is 0 Å². The van der Waals surface area contributed by atoms with Gasteiger partial charge in [-0.15, -0.1) is 0 Å². The van der Waals surface area contributed by atoms with E-state index in [1.807, 2.05) is 0 Å². The van der Waals surface area contributed by atoms with Gasteiger partial charge in [-0.1, -0.05) is 104 Å². The van der Waals surface area contributed by atoms with Gasteiger partial charge >= 0.3 is 0 Å². The maximum atomic E-state index is 6.12. The fourth-order valence-electron chi connectivity index (χ4n) is 2.97. The average Bonchev–Trinajstić information content (AvgIpc) is 2.52. The largest absolute Gasteiger partial charge is 0.316 e. The van der Waals surface area contributed by atoms with Crippen LogP contribution in [0.15, 0.2) is 0 Å². The van der Waals surface area contributed by atoms with Gasteiger partial charge in [0.05, 0.1) is 6.17 Å². The summed E-state index contributed by atoms with van der Waals surface area (Å²) in [5, 5.41) is 3.48. The van der Waals surface area contributed by atoms with E-state index in [1.165, 1.54) is 96.3 Å². The SMILES string of the molecule is CCCCCCCCCCCC(N)NCCCCCCCC. The molecule has 3 N–H and O–H groups in total. The van der Waals surface area contributed by atoms with Crippen molar-refractivity contribution in [2.45, 2.75) is 123 Å². The molecule has 0 spiro atoms. The molecule has 0 aliphatic heterocycles. The fourth-order valence-corrected chi connectivity index (χ4v) is 2.97. The second kappa shape index (κ2) is 19.0. The Balaban J connectivity index is 3.11. The Hall–Kier alpha value is -0.0800. The lowest BCUT2D eigenvalue weighted by Crippen LogP contribution is -2.37. The van der Waals surface area contributed by atoms with Crippen molar-refractivity contribution in [3.05, 3.63) is 0 Å². The smallest absolute Gasteiger partial charge is 0.0546 e. The minimum atomic E-state index is 0.222. The molecule has 0 aromatic heterocycles. The summed E-state index contributed by atoms with van der Waals surface area (Å²) in [5.41, 5.74) is 6.12. The van der Waals surface area contributed by atoms with Gasteiger partial charge < -0.3 is 11.1 Å². The van der Waals surface area contributed by atoms with Crippen LogP contribution in [0.5, 0.6) is 0 Å². The van der Waals surface area contributed by atoms with E-state index in [9.17, 15) is 0 Å². The molecule has 0 aromatic carbocycles. The third kappa shape index (κ3) is 18.0. The summed E-state index contributed by atoms with van der Waals surface area (Å²) in [7, 11) is 0. The molecule has 0 rings (SSSR count). The highest BCUT2D eigenvalue weighted by Gasteiger charge is 2.01. The van der Waals surface area contributed by atoms with E-state index in [0.717, 1.165) is 13.0 Å². The number of hydrogen-bond donors (Lipinski definition) is 2. The molecular formula is C20H44N2. The Kier molecular flexibility index (Phi) is 18.9. The summed E-state index contributed by atoms with van der Waals surface area (Å²) < 4.78 is 0. The van der Waals surface area contributed by atoms with Gasteiger partial charge in [0.2, 0.25) is 0 Å². The Morgan fingerprint density at radius 1 is 0.591 bits per heavy atom. The molecule has 0 saturated heterocycles. The van der Waals surface area contributed by atoms with Gasteiger partial charge in [-0.3, -0.25) is 0 Å². The van der Waals surface area contributed by atoms with Crippen LogP contribution in [0.25, 0.3) is 0 Å². The van der Waals surface area contributed by atoms with Crippen molar-refractivity contribution in [2.75, 3.05) is 6.54 Å². The molecule has 0 aromatic rings. The predicted molar refractivity (Wildman–Crippen MR) is 101 cm³/mol. The maximum Gasteiger partial charge on any atom is 0.0546 e. The maximum absolute atomic E-state index is 6.12. The molecule has 0 aliphatic rings. The summed E-state index contributed by atoms with van der Waals surface area (Å²) in [6.45, 7) is 5.65. The van der Waals surface area contributed by atoms with E-state index in [4.69, 9.17) is 5.73 Å². The van der Waals surface area contributed by atoms with Crippen LogP contribution in [0.1, 0.15) is 117 Å². The summed E-state index contributed by atoms with van der Waals surface area (Å²) >= 11 is 0. The first kappa shape index (κ1) is 21.9. The highest BCUT2D eigenvalue weighted by molar-refractivity contribution is 4.59. The van der Waals surface area contributed by atoms with Crippen molar-refractivity contribution >= 4 is 0 Å². The van der Waals surface area contributed by atoms with Crippen LogP contribution < -0.4 is 11.1 Å². The topological polar surface area (TPSA) is 38.0 Å². The van der Waals surface area contributed by atoms with Crippen LogP contribution in [0.4, 0.5) is 0 Å². The van der Waals surface area contributed by atoms with Crippen molar-refractivity contribution in [2.24, 2.45) is 5.73 Å². The molecule has 0 fully saturated rings. The number of nitrogens with two attached hydrogens (primary N) is 1. The Bertz CT molecular complexity index is 194. The van der Waals surface area contributed by atoms with Crippen LogP contribution in [0.3, 0.4) is 0 Å². The molecule has 2 heteroatoms. The monoisotopic (exact) mass is 312 g/mol. The van der Waals surface area contributed by atoms with Gasteiger partial charge in [0.15, 0.2) is 0 Å². The first-order valence-electron chi connectivity index (χ1n) is 10.3. The van der Waals surface area contributed by atoms with Crippen LogP contribution in [0.2, 0.25) is 0 Å². The summed E-state index contributed by atoms with van der Waals surface area (Å²) in [5.74, 6) is 0. The number of hydrogen-bond acceptors (Lipinski definition) is 2. The Morgan fingerprint density at radius 3 is 1.50 bits per heavy atom. The molecule has 1 atom stereocenters. The van der Waals surface area contributed by atoms with E-state index in [2.05, 4.69) is 19.2 Å². The molecule has 22 heavy (non-hydrogen) atoms. The third-order valence-electron chi connectivity index (χ3n) is 4.56. The van der Waals surface area contributed by atoms with Gasteiger partial charge in [0.1, 0.15) is 0 Å². The summed E-state index contributed by atoms with van der Waals surface area (Å²) in [4.78, 5) is 0. The lowest BCUT2D eigenvalue weighted by Gasteiger charge is -2.13. The molecule has 0 radical (unpaired) electrons. The zero-order valence-electron chi connectivity index (χ0n) is 15.7. The van der Waals surface area contributed by atoms with Crippen molar-refractivity contribution < 1.29 is 0 Å². The predicted octanol–water partition coefficient (Wildman–Crippen LogP) is 6.14. The highest BCUT2D eigenvalue weighted by atomic mass is 15.0. The third-order valence-corrected chi connectivity index (χ3v) is 4.56. The highest BCUT2D eigenvalue weighted by Crippen LogP contribution is 2.10. The second-order valence-corrected chi connectivity index (χ2v) is 6.95. The van der Waals surface area contributed by atoms with E-state index in [0.29, 0.717) is 0 Å². The molecule has 134 valence electrons. The zero-order valence-corrected chi connectivity index (χ0v) is 15.7. The van der Waals surface area contributed by atoms with Crippen LogP contribution in [0, 0.1) is 0 Å². The Morgan fingerprint density at radius 2 is 1.00 bits per heavy atom. The number of nitrogens with one attached hydrogen (secondary N) is 1. The molecule has 0 bridgehead atoms. The van der Waals surface area contributed by atoms with E-state index in [-0.39, 0.29) is 6.17 Å². The van der Waals surface area contributed by atoms with Gasteiger partial charge in [-0.2, -0.15) is 0 Å². The summed E-state index contributed by atoms with van der Waals surface area (Å²) in [6, 6.07) is 0. The molecule has 1 unspecified atom stereocenters. The first-order valence-corrected chi connectivity index (χ1v) is 10.3. The normalized spacial score (nSPS) is 12.7. The molecule has 0 aliphatic carbocycles. The van der Waals surface area contributed by atoms with E-state index < -0.39 is 0 Å². The van der Waals surface area contributed by atoms with E-state index in [1.54, 1.807) is 0 Å². The quantitative estimate of drug-likeness (QED) is 0.235. The first-order chi connectivity index (χ1) is 10.8. The van der Waals surface area contributed by atoms with Crippen LogP contribution in [-0.4, -0.2) is 12.7 Å². The second-order valence-electron chi connectivity index (χ2n) is 6.95. The van der Waals surface area contributed by atoms with Gasteiger partial charge in [-0.25, -0.2) is 0 Å².